The number of carbonyl (C=O) groups is 1. The maximum absolute atomic E-state index is 12.7. The molecule has 1 amide bonds. The highest BCUT2D eigenvalue weighted by atomic mass is 32.2. The molecule has 2 aromatic rings. The molecule has 0 aromatic heterocycles. The maximum Gasteiger partial charge on any atom is 0.261 e. The van der Waals surface area contributed by atoms with Crippen LogP contribution in [0.1, 0.15) is 24.0 Å². The molecule has 6 nitrogen and oxygen atoms in total. The number of hydrogen-bond acceptors (Lipinski definition) is 4. The smallest absolute Gasteiger partial charge is 0.261 e. The lowest BCUT2D eigenvalue weighted by molar-refractivity contribution is -0.117. The first-order valence-corrected chi connectivity index (χ1v) is 9.91. The Hall–Kier alpha value is -2.38. The van der Waals surface area contributed by atoms with Crippen molar-refractivity contribution >= 4 is 27.3 Å². The summed E-state index contributed by atoms with van der Waals surface area (Å²) in [6.07, 6.45) is 1.37. The minimum absolute atomic E-state index is 0.0804. The van der Waals surface area contributed by atoms with Gasteiger partial charge in [0.05, 0.1) is 11.5 Å². The Morgan fingerprint density at radius 1 is 1.19 bits per heavy atom. The van der Waals surface area contributed by atoms with E-state index in [4.69, 9.17) is 4.74 Å². The van der Waals surface area contributed by atoms with E-state index in [1.807, 2.05) is 13.0 Å². The standard InChI is InChI=1S/C19H22N2O4S/c1-14-11-17(8-9-18(14)21-10-4-7-19(21)22)26(23,24)20-16-6-3-5-15(12-16)13-25-2/h3,5-6,8-9,11-12,20H,4,7,10,13H2,1-2H3. The molecule has 0 saturated carbocycles. The zero-order valence-electron chi connectivity index (χ0n) is 14.9. The molecule has 0 spiro atoms. The van der Waals surface area contributed by atoms with Gasteiger partial charge in [0.1, 0.15) is 0 Å². The first-order valence-electron chi connectivity index (χ1n) is 8.42. The molecule has 26 heavy (non-hydrogen) atoms. The summed E-state index contributed by atoms with van der Waals surface area (Å²) in [7, 11) is -2.13. The highest BCUT2D eigenvalue weighted by molar-refractivity contribution is 7.92. The number of sulfonamides is 1. The highest BCUT2D eigenvalue weighted by Gasteiger charge is 2.24. The Morgan fingerprint density at radius 2 is 2.00 bits per heavy atom. The van der Waals surface area contributed by atoms with Crippen molar-refractivity contribution in [1.29, 1.82) is 0 Å². The van der Waals surface area contributed by atoms with E-state index >= 15 is 0 Å². The van der Waals surface area contributed by atoms with Gasteiger partial charge in [0.25, 0.3) is 10.0 Å². The average Bonchev–Trinajstić information content (AvgIpc) is 3.01. The third-order valence-electron chi connectivity index (χ3n) is 4.33. The summed E-state index contributed by atoms with van der Waals surface area (Å²) in [4.78, 5) is 13.8. The summed E-state index contributed by atoms with van der Waals surface area (Å²) < 4.78 is 33.1. The van der Waals surface area contributed by atoms with Crippen LogP contribution in [0.5, 0.6) is 0 Å². The van der Waals surface area contributed by atoms with Crippen molar-refractivity contribution in [3.05, 3.63) is 53.6 Å². The minimum atomic E-state index is -3.72. The van der Waals surface area contributed by atoms with E-state index in [1.165, 1.54) is 6.07 Å². The summed E-state index contributed by atoms with van der Waals surface area (Å²) in [6.45, 7) is 2.91. The Labute approximate surface area is 153 Å². The van der Waals surface area contributed by atoms with Crippen LogP contribution in [0, 0.1) is 6.92 Å². The van der Waals surface area contributed by atoms with Gasteiger partial charge in [-0.1, -0.05) is 12.1 Å². The zero-order valence-corrected chi connectivity index (χ0v) is 15.7. The molecule has 0 radical (unpaired) electrons. The predicted octanol–water partition coefficient (Wildman–Crippen LogP) is 3.07. The molecule has 3 rings (SSSR count). The number of rotatable bonds is 6. The Kier molecular flexibility index (Phi) is 5.29. The van der Waals surface area contributed by atoms with Crippen LogP contribution in [0.4, 0.5) is 11.4 Å². The molecule has 7 heteroatoms. The first kappa shape index (κ1) is 18.4. The highest BCUT2D eigenvalue weighted by Crippen LogP contribution is 2.28. The van der Waals surface area contributed by atoms with E-state index in [2.05, 4.69) is 4.72 Å². The van der Waals surface area contributed by atoms with Crippen LogP contribution in [-0.4, -0.2) is 28.0 Å². The quantitative estimate of drug-likeness (QED) is 0.843. The SMILES string of the molecule is COCc1cccc(NS(=O)(=O)c2ccc(N3CCCC3=O)c(C)c2)c1. The summed E-state index contributed by atoms with van der Waals surface area (Å²) in [5, 5.41) is 0. The maximum atomic E-state index is 12.7. The van der Waals surface area contributed by atoms with Gasteiger partial charge in [-0.25, -0.2) is 8.42 Å². The molecule has 1 heterocycles. The number of nitrogens with zero attached hydrogens (tertiary/aromatic N) is 1. The van der Waals surface area contributed by atoms with E-state index in [9.17, 15) is 13.2 Å². The third kappa shape index (κ3) is 3.89. The second-order valence-electron chi connectivity index (χ2n) is 6.34. The summed E-state index contributed by atoms with van der Waals surface area (Å²) >= 11 is 0. The van der Waals surface area contributed by atoms with Gasteiger partial charge in [-0.15, -0.1) is 0 Å². The Morgan fingerprint density at radius 3 is 2.65 bits per heavy atom. The fraction of sp³-hybridized carbons (Fsp3) is 0.316. The van der Waals surface area contributed by atoms with Crippen LogP contribution in [-0.2, 0) is 26.2 Å². The van der Waals surface area contributed by atoms with E-state index < -0.39 is 10.0 Å². The van der Waals surface area contributed by atoms with Crippen molar-refractivity contribution in [3.63, 3.8) is 0 Å². The lowest BCUT2D eigenvalue weighted by Gasteiger charge is -2.19. The van der Waals surface area contributed by atoms with Gasteiger partial charge in [-0.2, -0.15) is 0 Å². The lowest BCUT2D eigenvalue weighted by Crippen LogP contribution is -2.24. The summed E-state index contributed by atoms with van der Waals surface area (Å²) in [5.41, 5.74) is 2.90. The number of anilines is 2. The molecule has 0 unspecified atom stereocenters. The van der Waals surface area contributed by atoms with Crippen LogP contribution in [0.25, 0.3) is 0 Å². The van der Waals surface area contributed by atoms with Crippen molar-refractivity contribution in [2.24, 2.45) is 0 Å². The normalized spacial score (nSPS) is 14.7. The number of hydrogen-bond donors (Lipinski definition) is 1. The van der Waals surface area contributed by atoms with Crippen LogP contribution >= 0.6 is 0 Å². The molecule has 2 aromatic carbocycles. The third-order valence-corrected chi connectivity index (χ3v) is 5.71. The average molecular weight is 374 g/mol. The number of carbonyl (C=O) groups excluding carboxylic acids is 1. The summed E-state index contributed by atoms with van der Waals surface area (Å²) in [5.74, 6) is 0.0804. The summed E-state index contributed by atoms with van der Waals surface area (Å²) in [6, 6.07) is 11.9. The molecule has 1 saturated heterocycles. The first-order chi connectivity index (χ1) is 12.4. The number of amides is 1. The zero-order chi connectivity index (χ0) is 18.7. The topological polar surface area (TPSA) is 75.7 Å². The molecule has 138 valence electrons. The molecule has 0 aliphatic carbocycles. The van der Waals surface area contributed by atoms with Crippen LogP contribution in [0.3, 0.4) is 0 Å². The largest absolute Gasteiger partial charge is 0.380 e. The molecule has 1 aliphatic heterocycles. The molecule has 1 N–H and O–H groups in total. The van der Waals surface area contributed by atoms with Crippen molar-refractivity contribution < 1.29 is 17.9 Å². The van der Waals surface area contributed by atoms with Gasteiger partial charge in [0, 0.05) is 31.5 Å². The Balaban J connectivity index is 1.84. The molecule has 0 bridgehead atoms. The van der Waals surface area contributed by atoms with E-state index in [1.54, 1.807) is 42.3 Å². The fourth-order valence-electron chi connectivity index (χ4n) is 3.11. The van der Waals surface area contributed by atoms with Crippen molar-refractivity contribution in [2.45, 2.75) is 31.3 Å². The van der Waals surface area contributed by atoms with Gasteiger partial charge in [-0.05, 0) is 54.8 Å². The van der Waals surface area contributed by atoms with Crippen LogP contribution < -0.4 is 9.62 Å². The van der Waals surface area contributed by atoms with Gasteiger partial charge in [0.15, 0.2) is 0 Å². The fourth-order valence-corrected chi connectivity index (χ4v) is 4.24. The predicted molar refractivity (Wildman–Crippen MR) is 101 cm³/mol. The lowest BCUT2D eigenvalue weighted by atomic mass is 10.2. The van der Waals surface area contributed by atoms with Gasteiger partial charge < -0.3 is 9.64 Å². The molecular formula is C19H22N2O4S. The van der Waals surface area contributed by atoms with Gasteiger partial charge in [-0.3, -0.25) is 9.52 Å². The van der Waals surface area contributed by atoms with Crippen LogP contribution in [0.15, 0.2) is 47.4 Å². The van der Waals surface area contributed by atoms with E-state index in [0.29, 0.717) is 25.3 Å². The van der Waals surface area contributed by atoms with Crippen molar-refractivity contribution in [2.75, 3.05) is 23.3 Å². The van der Waals surface area contributed by atoms with E-state index in [-0.39, 0.29) is 10.8 Å². The van der Waals surface area contributed by atoms with Crippen molar-refractivity contribution in [1.82, 2.24) is 0 Å². The number of nitrogens with one attached hydrogen (secondary N) is 1. The number of ether oxygens (including phenoxy) is 1. The second kappa shape index (κ2) is 7.47. The second-order valence-corrected chi connectivity index (χ2v) is 8.02. The van der Waals surface area contributed by atoms with Crippen molar-refractivity contribution in [3.8, 4) is 0 Å². The Bertz CT molecular complexity index is 925. The molecule has 0 atom stereocenters. The van der Waals surface area contributed by atoms with Gasteiger partial charge >= 0.3 is 0 Å². The monoisotopic (exact) mass is 374 g/mol. The molecule has 1 fully saturated rings. The number of aryl methyl sites for hydroxylation is 1. The molecule has 1 aliphatic rings. The number of methoxy groups -OCH3 is 1. The molecular weight excluding hydrogens is 352 g/mol. The minimum Gasteiger partial charge on any atom is -0.380 e. The van der Waals surface area contributed by atoms with E-state index in [0.717, 1.165) is 23.2 Å². The number of benzene rings is 2. The van der Waals surface area contributed by atoms with Crippen LogP contribution in [0.2, 0.25) is 0 Å². The van der Waals surface area contributed by atoms with Gasteiger partial charge in [0.2, 0.25) is 5.91 Å².